The molecule has 3 heteroatoms. The zero-order valence-corrected chi connectivity index (χ0v) is 10.8. The fourth-order valence-corrected chi connectivity index (χ4v) is 2.03. The number of carbonyl (C=O) groups is 1. The molecule has 2 rings (SSSR count). The first-order valence-corrected chi connectivity index (χ1v) is 6.17. The molecule has 0 aromatic heterocycles. The van der Waals surface area contributed by atoms with Gasteiger partial charge in [-0.15, -0.1) is 0 Å². The average Bonchev–Trinajstić information content (AvgIpc) is 2.37. The number of ketones is 1. The number of Topliss-reactive ketones (excluding diaryl/α,β-unsaturated/α-hetero) is 1. The Hall–Kier alpha value is -2.29. The number of aromatic hydroxyl groups is 2. The van der Waals surface area contributed by atoms with Gasteiger partial charge < -0.3 is 10.2 Å². The smallest absolute Gasteiger partial charge is 0.166 e. The molecule has 0 saturated carbocycles. The van der Waals surface area contributed by atoms with E-state index in [1.165, 1.54) is 18.2 Å². The number of phenolic OH excluding ortho intramolecular Hbond substituents is 2. The van der Waals surface area contributed by atoms with E-state index in [9.17, 15) is 15.0 Å². The molecule has 0 aliphatic rings. The van der Waals surface area contributed by atoms with Crippen molar-refractivity contribution in [1.82, 2.24) is 0 Å². The maximum absolute atomic E-state index is 12.0. The summed E-state index contributed by atoms with van der Waals surface area (Å²) in [4.78, 5) is 12.0. The largest absolute Gasteiger partial charge is 0.508 e. The van der Waals surface area contributed by atoms with Crippen LogP contribution in [0.2, 0.25) is 0 Å². The second-order valence-corrected chi connectivity index (χ2v) is 4.55. The molecule has 0 saturated heterocycles. The zero-order valence-electron chi connectivity index (χ0n) is 10.8. The lowest BCUT2D eigenvalue weighted by atomic mass is 9.99. The van der Waals surface area contributed by atoms with Gasteiger partial charge in [0.05, 0.1) is 5.56 Å². The Kier molecular flexibility index (Phi) is 3.85. The molecule has 98 valence electrons. The van der Waals surface area contributed by atoms with Crippen molar-refractivity contribution < 1.29 is 15.0 Å². The Morgan fingerprint density at radius 1 is 1.11 bits per heavy atom. The molecule has 0 amide bonds. The minimum atomic E-state index is -0.171. The lowest BCUT2D eigenvalue weighted by Crippen LogP contribution is -2.02. The van der Waals surface area contributed by atoms with Crippen LogP contribution in [0.5, 0.6) is 11.5 Å². The second kappa shape index (κ2) is 5.57. The van der Waals surface area contributed by atoms with Crippen LogP contribution in [0.1, 0.15) is 27.9 Å². The fraction of sp³-hybridized carbons (Fsp3) is 0.188. The number of rotatable bonds is 4. The number of hydrogen-bond donors (Lipinski definition) is 2. The molecule has 0 aliphatic heterocycles. The van der Waals surface area contributed by atoms with Crippen LogP contribution in [0.15, 0.2) is 42.5 Å². The Labute approximate surface area is 112 Å². The Balaban J connectivity index is 2.08. The summed E-state index contributed by atoms with van der Waals surface area (Å²) in [6, 6.07) is 12.0. The van der Waals surface area contributed by atoms with Crippen LogP contribution in [-0.2, 0) is 6.42 Å². The van der Waals surface area contributed by atoms with Gasteiger partial charge in [0.1, 0.15) is 11.5 Å². The number of hydrogen-bond acceptors (Lipinski definition) is 3. The SMILES string of the molecule is Cc1ccccc1CCC(=O)c1ccc(O)cc1O. The van der Waals surface area contributed by atoms with Gasteiger partial charge in [-0.1, -0.05) is 24.3 Å². The van der Waals surface area contributed by atoms with Gasteiger partial charge in [-0.25, -0.2) is 0 Å². The van der Waals surface area contributed by atoms with Gasteiger partial charge in [-0.3, -0.25) is 4.79 Å². The normalized spacial score (nSPS) is 10.4. The third-order valence-corrected chi connectivity index (χ3v) is 3.16. The van der Waals surface area contributed by atoms with E-state index in [0.29, 0.717) is 12.8 Å². The van der Waals surface area contributed by atoms with Crippen LogP contribution in [0.3, 0.4) is 0 Å². The van der Waals surface area contributed by atoms with Crippen LogP contribution in [0, 0.1) is 6.92 Å². The summed E-state index contributed by atoms with van der Waals surface area (Å²) in [5.41, 5.74) is 2.55. The minimum absolute atomic E-state index is 0.0482. The molecule has 2 aromatic carbocycles. The standard InChI is InChI=1S/C16H16O3/c1-11-4-2-3-5-12(11)6-9-15(18)14-8-7-13(17)10-16(14)19/h2-5,7-8,10,17,19H,6,9H2,1H3. The molecule has 2 N–H and O–H groups in total. The summed E-state index contributed by atoms with van der Waals surface area (Å²) in [5, 5.41) is 18.8. The van der Waals surface area contributed by atoms with E-state index in [2.05, 4.69) is 0 Å². The van der Waals surface area contributed by atoms with Gasteiger partial charge in [0, 0.05) is 12.5 Å². The number of carbonyl (C=O) groups excluding carboxylic acids is 1. The molecule has 0 unspecified atom stereocenters. The summed E-state index contributed by atoms with van der Waals surface area (Å²) < 4.78 is 0. The van der Waals surface area contributed by atoms with Crippen molar-refractivity contribution in [2.75, 3.05) is 0 Å². The predicted octanol–water partition coefficient (Wildman–Crippen LogP) is 3.22. The second-order valence-electron chi connectivity index (χ2n) is 4.55. The summed E-state index contributed by atoms with van der Waals surface area (Å²) in [6.45, 7) is 2.01. The van der Waals surface area contributed by atoms with E-state index in [4.69, 9.17) is 0 Å². The summed E-state index contributed by atoms with van der Waals surface area (Å²) in [7, 11) is 0. The molecule has 0 radical (unpaired) electrons. The van der Waals surface area contributed by atoms with Crippen molar-refractivity contribution in [2.45, 2.75) is 19.8 Å². The van der Waals surface area contributed by atoms with Gasteiger partial charge >= 0.3 is 0 Å². The van der Waals surface area contributed by atoms with Gasteiger partial charge in [-0.2, -0.15) is 0 Å². The van der Waals surface area contributed by atoms with Gasteiger partial charge in [0.15, 0.2) is 5.78 Å². The molecule has 0 bridgehead atoms. The van der Waals surface area contributed by atoms with Crippen molar-refractivity contribution in [2.24, 2.45) is 0 Å². The number of benzene rings is 2. The maximum atomic E-state index is 12.0. The van der Waals surface area contributed by atoms with Crippen molar-refractivity contribution in [1.29, 1.82) is 0 Å². The highest BCUT2D eigenvalue weighted by Gasteiger charge is 2.12. The topological polar surface area (TPSA) is 57.5 Å². The molecule has 0 fully saturated rings. The van der Waals surface area contributed by atoms with Crippen molar-refractivity contribution in [3.8, 4) is 11.5 Å². The van der Waals surface area contributed by atoms with Crippen LogP contribution in [-0.4, -0.2) is 16.0 Å². The molecule has 0 heterocycles. The number of aryl methyl sites for hydroxylation is 2. The Morgan fingerprint density at radius 2 is 1.84 bits per heavy atom. The monoisotopic (exact) mass is 256 g/mol. The van der Waals surface area contributed by atoms with Crippen LogP contribution in [0.4, 0.5) is 0 Å². The third kappa shape index (κ3) is 3.13. The highest BCUT2D eigenvalue weighted by atomic mass is 16.3. The minimum Gasteiger partial charge on any atom is -0.508 e. The highest BCUT2D eigenvalue weighted by molar-refractivity contribution is 5.98. The van der Waals surface area contributed by atoms with E-state index < -0.39 is 0 Å². The van der Waals surface area contributed by atoms with E-state index in [0.717, 1.165) is 11.1 Å². The third-order valence-electron chi connectivity index (χ3n) is 3.16. The van der Waals surface area contributed by atoms with Crippen LogP contribution in [0.25, 0.3) is 0 Å². The van der Waals surface area contributed by atoms with Crippen LogP contribution < -0.4 is 0 Å². The predicted molar refractivity (Wildman–Crippen MR) is 73.6 cm³/mol. The van der Waals surface area contributed by atoms with Crippen LogP contribution >= 0.6 is 0 Å². The van der Waals surface area contributed by atoms with E-state index in [1.54, 1.807) is 0 Å². The van der Waals surface area contributed by atoms with Crippen molar-refractivity contribution in [3.63, 3.8) is 0 Å². The zero-order chi connectivity index (χ0) is 13.8. The fourth-order valence-electron chi connectivity index (χ4n) is 2.03. The first-order valence-electron chi connectivity index (χ1n) is 6.17. The molecule has 0 aliphatic carbocycles. The molecule has 2 aromatic rings. The lowest BCUT2D eigenvalue weighted by Gasteiger charge is -2.06. The average molecular weight is 256 g/mol. The maximum Gasteiger partial charge on any atom is 0.166 e. The molecular weight excluding hydrogens is 240 g/mol. The first kappa shape index (κ1) is 13.1. The first-order chi connectivity index (χ1) is 9.08. The quantitative estimate of drug-likeness (QED) is 0.826. The molecule has 0 spiro atoms. The van der Waals surface area contributed by atoms with Gasteiger partial charge in [0.2, 0.25) is 0 Å². The van der Waals surface area contributed by atoms with E-state index in [-0.39, 0.29) is 22.8 Å². The Morgan fingerprint density at radius 3 is 2.53 bits per heavy atom. The van der Waals surface area contributed by atoms with Gasteiger partial charge in [-0.05, 0) is 36.6 Å². The van der Waals surface area contributed by atoms with E-state index in [1.807, 2.05) is 31.2 Å². The molecular formula is C16H16O3. The lowest BCUT2D eigenvalue weighted by molar-refractivity contribution is 0.0980. The van der Waals surface area contributed by atoms with E-state index >= 15 is 0 Å². The summed E-state index contributed by atoms with van der Waals surface area (Å²) in [6.07, 6.45) is 0.981. The summed E-state index contributed by atoms with van der Waals surface area (Å²) >= 11 is 0. The van der Waals surface area contributed by atoms with Crippen molar-refractivity contribution in [3.05, 3.63) is 59.2 Å². The highest BCUT2D eigenvalue weighted by Crippen LogP contribution is 2.24. The van der Waals surface area contributed by atoms with Crippen molar-refractivity contribution >= 4 is 5.78 Å². The Bertz CT molecular complexity index is 603. The molecule has 0 atom stereocenters. The molecule has 19 heavy (non-hydrogen) atoms. The summed E-state index contributed by atoms with van der Waals surface area (Å²) in [5.74, 6) is -0.344. The number of phenols is 2. The molecule has 3 nitrogen and oxygen atoms in total. The van der Waals surface area contributed by atoms with Gasteiger partial charge in [0.25, 0.3) is 0 Å².